The van der Waals surface area contributed by atoms with E-state index in [0.29, 0.717) is 6.04 Å². The molecule has 0 aliphatic heterocycles. The van der Waals surface area contributed by atoms with Crippen LogP contribution in [0.4, 0.5) is 0 Å². The predicted octanol–water partition coefficient (Wildman–Crippen LogP) is 2.63. The number of thiophene rings is 1. The monoisotopic (exact) mass is 296 g/mol. The molecule has 3 nitrogen and oxygen atoms in total. The second-order valence-corrected chi connectivity index (χ2v) is 6.72. The van der Waals surface area contributed by atoms with Crippen LogP contribution in [0.3, 0.4) is 0 Å². The van der Waals surface area contributed by atoms with Gasteiger partial charge in [-0.15, -0.1) is 11.3 Å². The Morgan fingerprint density at radius 1 is 1.40 bits per heavy atom. The molecular weight excluding hydrogens is 268 g/mol. The molecule has 4 heteroatoms. The molecule has 0 amide bonds. The minimum absolute atomic E-state index is 0.712. The first-order valence-electron chi connectivity index (χ1n) is 7.77. The zero-order valence-corrected chi connectivity index (χ0v) is 13.6. The van der Waals surface area contributed by atoms with E-state index >= 15 is 0 Å². The molecule has 0 spiro atoms. The maximum atomic E-state index is 5.24. The Morgan fingerprint density at radius 2 is 2.25 bits per heavy atom. The van der Waals surface area contributed by atoms with Crippen LogP contribution in [0.2, 0.25) is 0 Å². The fourth-order valence-corrected chi connectivity index (χ4v) is 3.33. The molecule has 2 rings (SSSR count). The highest BCUT2D eigenvalue weighted by Crippen LogP contribution is 2.34. The Hall–Kier alpha value is -0.420. The van der Waals surface area contributed by atoms with Crippen molar-refractivity contribution < 1.29 is 4.74 Å². The SMILES string of the molecule is COCCN(CCNCCc1cccs1)C(C)C1CC1. The first-order valence-corrected chi connectivity index (χ1v) is 8.65. The molecule has 0 aromatic carbocycles. The molecule has 1 aliphatic carbocycles. The van der Waals surface area contributed by atoms with E-state index in [-0.39, 0.29) is 0 Å². The molecule has 114 valence electrons. The lowest BCUT2D eigenvalue weighted by Gasteiger charge is -2.29. The molecule has 0 radical (unpaired) electrons. The van der Waals surface area contributed by atoms with Crippen molar-refractivity contribution in [1.82, 2.24) is 10.2 Å². The molecule has 1 saturated carbocycles. The first kappa shape index (κ1) is 16.0. The van der Waals surface area contributed by atoms with Gasteiger partial charge in [-0.25, -0.2) is 0 Å². The van der Waals surface area contributed by atoms with E-state index < -0.39 is 0 Å². The Bertz CT molecular complexity index is 351. The van der Waals surface area contributed by atoms with Gasteiger partial charge < -0.3 is 10.1 Å². The maximum absolute atomic E-state index is 5.24. The normalized spacial score (nSPS) is 16.8. The van der Waals surface area contributed by atoms with E-state index in [1.807, 2.05) is 11.3 Å². The van der Waals surface area contributed by atoms with E-state index in [9.17, 15) is 0 Å². The highest BCUT2D eigenvalue weighted by Gasteiger charge is 2.31. The molecule has 1 atom stereocenters. The first-order chi connectivity index (χ1) is 9.81. The number of hydrogen-bond acceptors (Lipinski definition) is 4. The number of nitrogens with one attached hydrogen (secondary N) is 1. The van der Waals surface area contributed by atoms with Gasteiger partial charge >= 0.3 is 0 Å². The standard InChI is InChI=1S/C16H28N2OS/c1-14(15-5-6-15)18(11-12-19-2)10-9-17-8-7-16-4-3-13-20-16/h3-4,13-15,17H,5-12H2,1-2H3. The van der Waals surface area contributed by atoms with Crippen LogP contribution < -0.4 is 5.32 Å². The second-order valence-electron chi connectivity index (χ2n) is 5.69. The van der Waals surface area contributed by atoms with Crippen molar-refractivity contribution in [3.63, 3.8) is 0 Å². The van der Waals surface area contributed by atoms with Crippen LogP contribution in [0.15, 0.2) is 17.5 Å². The summed E-state index contributed by atoms with van der Waals surface area (Å²) in [5, 5.41) is 5.72. The van der Waals surface area contributed by atoms with Crippen LogP contribution in [0, 0.1) is 5.92 Å². The molecule has 20 heavy (non-hydrogen) atoms. The zero-order valence-electron chi connectivity index (χ0n) is 12.8. The van der Waals surface area contributed by atoms with Gasteiger partial charge in [-0.2, -0.15) is 0 Å². The lowest BCUT2D eigenvalue weighted by atomic mass is 10.2. The second kappa shape index (κ2) is 8.78. The van der Waals surface area contributed by atoms with Crippen molar-refractivity contribution in [2.24, 2.45) is 5.92 Å². The van der Waals surface area contributed by atoms with Crippen molar-refractivity contribution in [2.45, 2.75) is 32.2 Å². The van der Waals surface area contributed by atoms with Gasteiger partial charge in [0, 0.05) is 44.2 Å². The molecule has 1 aromatic heterocycles. The lowest BCUT2D eigenvalue weighted by Crippen LogP contribution is -2.41. The summed E-state index contributed by atoms with van der Waals surface area (Å²) in [6, 6.07) is 5.06. The fraction of sp³-hybridized carbons (Fsp3) is 0.750. The minimum atomic E-state index is 0.712. The maximum Gasteiger partial charge on any atom is 0.0589 e. The molecule has 1 heterocycles. The number of rotatable bonds is 11. The smallest absolute Gasteiger partial charge is 0.0589 e. The summed E-state index contributed by atoms with van der Waals surface area (Å²) in [7, 11) is 1.79. The average Bonchev–Trinajstić information content (AvgIpc) is 3.18. The third kappa shape index (κ3) is 5.52. The van der Waals surface area contributed by atoms with E-state index in [0.717, 1.165) is 45.1 Å². The van der Waals surface area contributed by atoms with Crippen molar-refractivity contribution in [3.05, 3.63) is 22.4 Å². The quantitative estimate of drug-likeness (QED) is 0.635. The Labute approximate surface area is 127 Å². The molecule has 1 unspecified atom stereocenters. The van der Waals surface area contributed by atoms with Crippen LogP contribution >= 0.6 is 11.3 Å². The van der Waals surface area contributed by atoms with Crippen molar-refractivity contribution >= 4 is 11.3 Å². The van der Waals surface area contributed by atoms with Crippen LogP contribution in [-0.4, -0.2) is 50.8 Å². The lowest BCUT2D eigenvalue weighted by molar-refractivity contribution is 0.117. The third-order valence-electron chi connectivity index (χ3n) is 4.17. The zero-order chi connectivity index (χ0) is 14.2. The Balaban J connectivity index is 1.60. The average molecular weight is 296 g/mol. The van der Waals surface area contributed by atoms with Gasteiger partial charge in [-0.1, -0.05) is 6.07 Å². The summed E-state index contributed by atoms with van der Waals surface area (Å²) < 4.78 is 5.24. The molecule has 1 N–H and O–H groups in total. The highest BCUT2D eigenvalue weighted by atomic mass is 32.1. The predicted molar refractivity (Wildman–Crippen MR) is 86.5 cm³/mol. The van der Waals surface area contributed by atoms with Crippen LogP contribution in [-0.2, 0) is 11.2 Å². The van der Waals surface area contributed by atoms with Gasteiger partial charge in [0.15, 0.2) is 0 Å². The van der Waals surface area contributed by atoms with E-state index in [2.05, 4.69) is 34.7 Å². The summed E-state index contributed by atoms with van der Waals surface area (Å²) in [6.45, 7) is 7.56. The summed E-state index contributed by atoms with van der Waals surface area (Å²) >= 11 is 1.85. The van der Waals surface area contributed by atoms with Gasteiger partial charge in [0.2, 0.25) is 0 Å². The van der Waals surface area contributed by atoms with Crippen LogP contribution in [0.5, 0.6) is 0 Å². The summed E-state index contributed by atoms with van der Waals surface area (Å²) in [5.74, 6) is 0.929. The molecular formula is C16H28N2OS. The number of nitrogens with zero attached hydrogens (tertiary/aromatic N) is 1. The van der Waals surface area contributed by atoms with E-state index in [4.69, 9.17) is 4.74 Å². The molecule has 1 aliphatic rings. The summed E-state index contributed by atoms with van der Waals surface area (Å²) in [4.78, 5) is 4.05. The third-order valence-corrected chi connectivity index (χ3v) is 5.10. The van der Waals surface area contributed by atoms with Gasteiger partial charge in [0.25, 0.3) is 0 Å². The fourth-order valence-electron chi connectivity index (χ4n) is 2.62. The number of methoxy groups -OCH3 is 1. The van der Waals surface area contributed by atoms with Gasteiger partial charge in [0.1, 0.15) is 0 Å². The summed E-state index contributed by atoms with van der Waals surface area (Å²) in [6.07, 6.45) is 3.97. The molecule has 0 bridgehead atoms. The Kier molecular flexibility index (Phi) is 7.00. The van der Waals surface area contributed by atoms with E-state index in [1.165, 1.54) is 17.7 Å². The van der Waals surface area contributed by atoms with Gasteiger partial charge in [0.05, 0.1) is 6.61 Å². The van der Waals surface area contributed by atoms with Crippen molar-refractivity contribution in [1.29, 1.82) is 0 Å². The topological polar surface area (TPSA) is 24.5 Å². The van der Waals surface area contributed by atoms with E-state index in [1.54, 1.807) is 7.11 Å². The van der Waals surface area contributed by atoms with Gasteiger partial charge in [-0.3, -0.25) is 4.90 Å². The molecule has 0 saturated heterocycles. The van der Waals surface area contributed by atoms with Crippen molar-refractivity contribution in [2.75, 3.05) is 39.9 Å². The van der Waals surface area contributed by atoms with Gasteiger partial charge in [-0.05, 0) is 43.6 Å². The van der Waals surface area contributed by atoms with Crippen LogP contribution in [0.25, 0.3) is 0 Å². The molecule has 1 fully saturated rings. The Morgan fingerprint density at radius 3 is 2.90 bits per heavy atom. The highest BCUT2D eigenvalue weighted by molar-refractivity contribution is 7.09. The minimum Gasteiger partial charge on any atom is -0.383 e. The summed E-state index contributed by atoms with van der Waals surface area (Å²) in [5.41, 5.74) is 0. The number of ether oxygens (including phenoxy) is 1. The molecule has 1 aromatic rings. The largest absolute Gasteiger partial charge is 0.383 e. The van der Waals surface area contributed by atoms with Crippen LogP contribution in [0.1, 0.15) is 24.6 Å². The van der Waals surface area contributed by atoms with Crippen molar-refractivity contribution in [3.8, 4) is 0 Å². The number of hydrogen-bond donors (Lipinski definition) is 1.